The monoisotopic (exact) mass is 229 g/mol. The minimum atomic E-state index is -0.708. The maximum Gasteiger partial charge on any atom is 0.321 e. The molecule has 1 spiro atoms. The van der Waals surface area contributed by atoms with Gasteiger partial charge in [0.05, 0.1) is 4.87 Å². The largest absolute Gasteiger partial charge is 0.480 e. The van der Waals surface area contributed by atoms with Gasteiger partial charge in [-0.15, -0.1) is 11.8 Å². The topological polar surface area (TPSA) is 49.3 Å². The number of carboxylic acids is 1. The Kier molecular flexibility index (Phi) is 2.75. The molecule has 2 atom stereocenters. The van der Waals surface area contributed by atoms with Gasteiger partial charge < -0.3 is 5.11 Å². The number of thioether (sulfide) groups is 1. The molecule has 1 heterocycles. The van der Waals surface area contributed by atoms with E-state index in [9.17, 15) is 4.79 Å². The fourth-order valence-electron chi connectivity index (χ4n) is 2.74. The third kappa shape index (κ3) is 1.78. The number of carboxylic acid groups (broad SMARTS) is 1. The fourth-order valence-corrected chi connectivity index (χ4v) is 4.42. The summed E-state index contributed by atoms with van der Waals surface area (Å²) in [4.78, 5) is 11.0. The smallest absolute Gasteiger partial charge is 0.321 e. The molecule has 0 aromatic carbocycles. The van der Waals surface area contributed by atoms with Crippen molar-refractivity contribution in [3.05, 3.63) is 0 Å². The zero-order valence-corrected chi connectivity index (χ0v) is 10.2. The summed E-state index contributed by atoms with van der Waals surface area (Å²) in [5.74, 6) is -0.000534. The Morgan fingerprint density at radius 3 is 2.60 bits per heavy atom. The molecule has 0 aromatic rings. The highest BCUT2D eigenvalue weighted by molar-refractivity contribution is 8.01. The third-order valence-corrected chi connectivity index (χ3v) is 5.74. The Balaban J connectivity index is 2.16. The van der Waals surface area contributed by atoms with E-state index >= 15 is 0 Å². The summed E-state index contributed by atoms with van der Waals surface area (Å²) in [6.45, 7) is 4.52. The summed E-state index contributed by atoms with van der Waals surface area (Å²) in [5, 5.41) is 12.4. The van der Waals surface area contributed by atoms with E-state index in [1.54, 1.807) is 0 Å². The normalized spacial score (nSPS) is 39.5. The summed E-state index contributed by atoms with van der Waals surface area (Å²) >= 11 is 1.82. The van der Waals surface area contributed by atoms with Crippen molar-refractivity contribution < 1.29 is 9.90 Å². The van der Waals surface area contributed by atoms with E-state index in [1.165, 1.54) is 19.3 Å². The number of hydrogen-bond acceptors (Lipinski definition) is 3. The van der Waals surface area contributed by atoms with E-state index in [2.05, 4.69) is 19.2 Å². The predicted molar refractivity (Wildman–Crippen MR) is 62.0 cm³/mol. The minimum absolute atomic E-state index is 0.00824. The molecule has 0 bridgehead atoms. The van der Waals surface area contributed by atoms with Crippen LogP contribution < -0.4 is 5.32 Å². The number of carbonyl (C=O) groups is 1. The lowest BCUT2D eigenvalue weighted by atomic mass is 9.72. The Morgan fingerprint density at radius 2 is 2.07 bits per heavy atom. The second-order valence-corrected chi connectivity index (χ2v) is 6.58. The van der Waals surface area contributed by atoms with Crippen LogP contribution in [0.1, 0.15) is 39.5 Å². The zero-order valence-electron chi connectivity index (χ0n) is 9.38. The molecule has 1 aliphatic heterocycles. The lowest BCUT2D eigenvalue weighted by Gasteiger charge is -2.47. The number of rotatable bonds is 1. The van der Waals surface area contributed by atoms with E-state index in [1.807, 2.05) is 11.8 Å². The third-order valence-electron chi connectivity index (χ3n) is 3.88. The van der Waals surface area contributed by atoms with Crippen LogP contribution in [0.15, 0.2) is 0 Å². The Labute approximate surface area is 95.0 Å². The van der Waals surface area contributed by atoms with Crippen LogP contribution in [0, 0.1) is 5.41 Å². The molecule has 86 valence electrons. The molecular weight excluding hydrogens is 210 g/mol. The van der Waals surface area contributed by atoms with Crippen molar-refractivity contribution in [1.29, 1.82) is 0 Å². The van der Waals surface area contributed by atoms with Gasteiger partial charge in [-0.2, -0.15) is 0 Å². The highest BCUT2D eigenvalue weighted by Crippen LogP contribution is 2.53. The maximum atomic E-state index is 11.0. The first-order valence-corrected chi connectivity index (χ1v) is 6.60. The van der Waals surface area contributed by atoms with E-state index in [4.69, 9.17) is 5.11 Å². The SMILES string of the molecule is CC1(C)CCCCC12N[C@H](C(=O)O)CS2. The molecule has 1 saturated heterocycles. The van der Waals surface area contributed by atoms with Crippen molar-refractivity contribution in [2.45, 2.75) is 50.4 Å². The molecule has 2 N–H and O–H groups in total. The lowest BCUT2D eigenvalue weighted by Crippen LogP contribution is -2.55. The molecule has 1 unspecified atom stereocenters. The van der Waals surface area contributed by atoms with E-state index < -0.39 is 5.97 Å². The average molecular weight is 229 g/mol. The summed E-state index contributed by atoms with van der Waals surface area (Å²) < 4.78 is 0. The van der Waals surface area contributed by atoms with Crippen molar-refractivity contribution in [3.8, 4) is 0 Å². The summed E-state index contributed by atoms with van der Waals surface area (Å²) in [6.07, 6.45) is 4.79. The quantitative estimate of drug-likeness (QED) is 0.722. The van der Waals surface area contributed by atoms with Gasteiger partial charge in [-0.05, 0) is 18.3 Å². The molecular formula is C11H19NO2S. The van der Waals surface area contributed by atoms with Crippen molar-refractivity contribution in [3.63, 3.8) is 0 Å². The number of aliphatic carboxylic acids is 1. The fraction of sp³-hybridized carbons (Fsp3) is 0.909. The lowest BCUT2D eigenvalue weighted by molar-refractivity contribution is -0.139. The Morgan fingerprint density at radius 1 is 1.40 bits per heavy atom. The Bertz CT molecular complexity index is 280. The minimum Gasteiger partial charge on any atom is -0.480 e. The van der Waals surface area contributed by atoms with Crippen LogP contribution in [0.25, 0.3) is 0 Å². The van der Waals surface area contributed by atoms with Crippen molar-refractivity contribution in [1.82, 2.24) is 5.32 Å². The standard InChI is InChI=1S/C11H19NO2S/c1-10(2)5-3-4-6-11(10)12-8(7-15-11)9(13)14/h8,12H,3-7H2,1-2H3,(H,13,14)/t8-,11?/m0/s1. The van der Waals surface area contributed by atoms with Gasteiger partial charge in [0.1, 0.15) is 6.04 Å². The Hall–Kier alpha value is -0.220. The molecule has 1 saturated carbocycles. The zero-order chi connectivity index (χ0) is 11.1. The highest BCUT2D eigenvalue weighted by Gasteiger charge is 2.52. The molecule has 3 nitrogen and oxygen atoms in total. The van der Waals surface area contributed by atoms with Gasteiger partial charge in [-0.25, -0.2) is 0 Å². The molecule has 15 heavy (non-hydrogen) atoms. The summed E-state index contributed by atoms with van der Waals surface area (Å²) in [6, 6.07) is -0.354. The first-order valence-electron chi connectivity index (χ1n) is 5.61. The molecule has 4 heteroatoms. The summed E-state index contributed by atoms with van der Waals surface area (Å²) in [7, 11) is 0. The van der Waals surface area contributed by atoms with Crippen LogP contribution in [-0.4, -0.2) is 27.7 Å². The second kappa shape index (κ2) is 3.67. The van der Waals surface area contributed by atoms with Gasteiger partial charge in [-0.1, -0.05) is 26.7 Å². The molecule has 0 radical (unpaired) electrons. The first kappa shape index (κ1) is 11.3. The van der Waals surface area contributed by atoms with Gasteiger partial charge in [-0.3, -0.25) is 10.1 Å². The van der Waals surface area contributed by atoms with Crippen LogP contribution >= 0.6 is 11.8 Å². The molecule has 0 amide bonds. The maximum absolute atomic E-state index is 11.0. The van der Waals surface area contributed by atoms with Crippen LogP contribution in [0.5, 0.6) is 0 Å². The highest BCUT2D eigenvalue weighted by atomic mass is 32.2. The van der Waals surface area contributed by atoms with E-state index in [0.29, 0.717) is 5.75 Å². The van der Waals surface area contributed by atoms with Crippen LogP contribution in [0.4, 0.5) is 0 Å². The van der Waals surface area contributed by atoms with Crippen molar-refractivity contribution in [2.24, 2.45) is 5.41 Å². The van der Waals surface area contributed by atoms with Gasteiger partial charge in [0, 0.05) is 5.75 Å². The number of hydrogen-bond donors (Lipinski definition) is 2. The van der Waals surface area contributed by atoms with Gasteiger partial charge >= 0.3 is 5.97 Å². The summed E-state index contributed by atoms with van der Waals surface area (Å²) in [5.41, 5.74) is 0.208. The van der Waals surface area contributed by atoms with Crippen LogP contribution in [-0.2, 0) is 4.79 Å². The van der Waals surface area contributed by atoms with E-state index in [0.717, 1.165) is 6.42 Å². The van der Waals surface area contributed by atoms with Crippen molar-refractivity contribution >= 4 is 17.7 Å². The molecule has 2 aliphatic rings. The van der Waals surface area contributed by atoms with E-state index in [-0.39, 0.29) is 16.3 Å². The van der Waals surface area contributed by atoms with Gasteiger partial charge in [0.25, 0.3) is 0 Å². The van der Waals surface area contributed by atoms with Gasteiger partial charge in [0.2, 0.25) is 0 Å². The van der Waals surface area contributed by atoms with Crippen LogP contribution in [0.3, 0.4) is 0 Å². The molecule has 1 aliphatic carbocycles. The first-order chi connectivity index (χ1) is 6.97. The van der Waals surface area contributed by atoms with Crippen LogP contribution in [0.2, 0.25) is 0 Å². The van der Waals surface area contributed by atoms with Gasteiger partial charge in [0.15, 0.2) is 0 Å². The second-order valence-electron chi connectivity index (χ2n) is 5.26. The average Bonchev–Trinajstić information content (AvgIpc) is 2.57. The number of nitrogens with one attached hydrogen (secondary N) is 1. The molecule has 2 fully saturated rings. The molecule has 2 rings (SSSR count). The van der Waals surface area contributed by atoms with Crippen molar-refractivity contribution in [2.75, 3.05) is 5.75 Å². The molecule has 0 aromatic heterocycles. The predicted octanol–water partition coefficient (Wildman–Crippen LogP) is 2.07.